The van der Waals surface area contributed by atoms with Crippen LogP contribution in [0.3, 0.4) is 0 Å². The number of rotatable bonds is 3. The monoisotopic (exact) mass is 311 g/mol. The van der Waals surface area contributed by atoms with Crippen LogP contribution in [0.15, 0.2) is 35.2 Å². The molecule has 0 spiro atoms. The van der Waals surface area contributed by atoms with E-state index in [1.807, 2.05) is 0 Å². The normalized spacial score (nSPS) is 11.3. The number of sulfonamides is 1. The Bertz CT molecular complexity index is 740. The third kappa shape index (κ3) is 3.20. The molecule has 0 bridgehead atoms. The topological polar surface area (TPSA) is 85.1 Å². The summed E-state index contributed by atoms with van der Waals surface area (Å²) >= 11 is 5.74. The highest BCUT2D eigenvalue weighted by molar-refractivity contribution is 7.92. The standard InChI is InChI=1S/C13H14ClN3O2S/c1-8-5-10(15)7-11(6-8)20(18,19)17-12-3-4-13(14)16-9(12)2/h3-7,17H,15H2,1-2H3. The van der Waals surface area contributed by atoms with Gasteiger partial charge in [-0.15, -0.1) is 0 Å². The zero-order valence-corrected chi connectivity index (χ0v) is 12.6. The number of nitrogens with two attached hydrogens (primary N) is 1. The van der Waals surface area contributed by atoms with Crippen molar-refractivity contribution in [2.75, 3.05) is 10.5 Å². The molecule has 0 saturated carbocycles. The van der Waals surface area contributed by atoms with Crippen LogP contribution in [0, 0.1) is 13.8 Å². The molecule has 1 aromatic heterocycles. The van der Waals surface area contributed by atoms with Crippen molar-refractivity contribution in [3.05, 3.63) is 46.7 Å². The lowest BCUT2D eigenvalue weighted by Crippen LogP contribution is -2.14. The third-order valence-corrected chi connectivity index (χ3v) is 4.24. The number of halogens is 1. The van der Waals surface area contributed by atoms with Gasteiger partial charge in [-0.2, -0.15) is 0 Å². The molecule has 0 aliphatic carbocycles. The second kappa shape index (κ2) is 5.30. The zero-order chi connectivity index (χ0) is 14.9. The van der Waals surface area contributed by atoms with Crippen molar-refractivity contribution in [1.29, 1.82) is 0 Å². The number of hydrogen-bond acceptors (Lipinski definition) is 4. The Morgan fingerprint density at radius 2 is 1.90 bits per heavy atom. The summed E-state index contributed by atoms with van der Waals surface area (Å²) in [5, 5.41) is 0.310. The number of pyridine rings is 1. The first kappa shape index (κ1) is 14.6. The van der Waals surface area contributed by atoms with Crippen LogP contribution in [0.4, 0.5) is 11.4 Å². The summed E-state index contributed by atoms with van der Waals surface area (Å²) in [5.74, 6) is 0. The molecule has 2 rings (SSSR count). The first-order chi connectivity index (χ1) is 9.28. The van der Waals surface area contributed by atoms with Gasteiger partial charge in [0.25, 0.3) is 10.0 Å². The van der Waals surface area contributed by atoms with E-state index in [2.05, 4.69) is 9.71 Å². The van der Waals surface area contributed by atoms with Gasteiger partial charge in [-0.25, -0.2) is 13.4 Å². The molecule has 7 heteroatoms. The quantitative estimate of drug-likeness (QED) is 0.674. The molecular formula is C13H14ClN3O2S. The van der Waals surface area contributed by atoms with Crippen molar-refractivity contribution in [2.45, 2.75) is 18.7 Å². The molecule has 1 aromatic carbocycles. The molecule has 0 unspecified atom stereocenters. The summed E-state index contributed by atoms with van der Waals surface area (Å²) in [6.07, 6.45) is 0. The molecule has 0 amide bonds. The van der Waals surface area contributed by atoms with E-state index in [0.29, 0.717) is 22.2 Å². The van der Waals surface area contributed by atoms with Crippen LogP contribution in [0.25, 0.3) is 0 Å². The molecule has 20 heavy (non-hydrogen) atoms. The predicted molar refractivity (Wildman–Crippen MR) is 80.4 cm³/mol. The highest BCUT2D eigenvalue weighted by Gasteiger charge is 2.16. The zero-order valence-electron chi connectivity index (χ0n) is 11.0. The van der Waals surface area contributed by atoms with Crippen molar-refractivity contribution in [3.8, 4) is 0 Å². The van der Waals surface area contributed by atoms with Crippen LogP contribution in [-0.2, 0) is 10.0 Å². The first-order valence-corrected chi connectivity index (χ1v) is 7.67. The summed E-state index contributed by atoms with van der Waals surface area (Å²) in [4.78, 5) is 4.12. The number of anilines is 2. The van der Waals surface area contributed by atoms with Gasteiger partial charge >= 0.3 is 0 Å². The SMILES string of the molecule is Cc1cc(N)cc(S(=O)(=O)Nc2ccc(Cl)nc2C)c1. The van der Waals surface area contributed by atoms with E-state index in [0.717, 1.165) is 5.56 Å². The van der Waals surface area contributed by atoms with E-state index >= 15 is 0 Å². The number of benzene rings is 1. The minimum atomic E-state index is -3.71. The Morgan fingerprint density at radius 1 is 1.20 bits per heavy atom. The van der Waals surface area contributed by atoms with Crippen molar-refractivity contribution in [2.24, 2.45) is 0 Å². The first-order valence-electron chi connectivity index (χ1n) is 5.81. The number of nitrogens with one attached hydrogen (secondary N) is 1. The molecule has 0 aliphatic rings. The smallest absolute Gasteiger partial charge is 0.262 e. The van der Waals surface area contributed by atoms with Crippen LogP contribution in [-0.4, -0.2) is 13.4 Å². The number of aryl methyl sites for hydroxylation is 2. The van der Waals surface area contributed by atoms with Gasteiger partial charge in [0.2, 0.25) is 0 Å². The van der Waals surface area contributed by atoms with E-state index in [9.17, 15) is 8.42 Å². The van der Waals surface area contributed by atoms with Gasteiger partial charge in [-0.3, -0.25) is 4.72 Å². The number of nitrogens with zero attached hydrogens (tertiary/aromatic N) is 1. The number of hydrogen-bond donors (Lipinski definition) is 2. The van der Waals surface area contributed by atoms with Gasteiger partial charge in [0.15, 0.2) is 0 Å². The molecule has 0 radical (unpaired) electrons. The summed E-state index contributed by atoms with van der Waals surface area (Å²) in [5.41, 5.74) is 7.74. The number of aromatic nitrogens is 1. The molecule has 0 aliphatic heterocycles. The van der Waals surface area contributed by atoms with Crippen molar-refractivity contribution < 1.29 is 8.42 Å². The Hall–Kier alpha value is -1.79. The minimum Gasteiger partial charge on any atom is -0.399 e. The molecule has 2 aromatic rings. The Morgan fingerprint density at radius 3 is 2.50 bits per heavy atom. The average Bonchev–Trinajstić information content (AvgIpc) is 2.31. The van der Waals surface area contributed by atoms with Gasteiger partial charge in [0.05, 0.1) is 16.3 Å². The van der Waals surface area contributed by atoms with Gasteiger partial charge in [-0.1, -0.05) is 11.6 Å². The fraction of sp³-hybridized carbons (Fsp3) is 0.154. The maximum Gasteiger partial charge on any atom is 0.262 e. The molecule has 3 N–H and O–H groups in total. The molecule has 0 atom stereocenters. The Kier molecular flexibility index (Phi) is 3.87. The van der Waals surface area contributed by atoms with Gasteiger partial charge < -0.3 is 5.73 Å². The highest BCUT2D eigenvalue weighted by atomic mass is 35.5. The lowest BCUT2D eigenvalue weighted by molar-refractivity contribution is 0.601. The van der Waals surface area contributed by atoms with Crippen LogP contribution < -0.4 is 10.5 Å². The minimum absolute atomic E-state index is 0.115. The van der Waals surface area contributed by atoms with Crippen molar-refractivity contribution in [3.63, 3.8) is 0 Å². The van der Waals surface area contributed by atoms with Crippen LogP contribution in [0.5, 0.6) is 0 Å². The number of nitrogen functional groups attached to an aromatic ring is 1. The van der Waals surface area contributed by atoms with Crippen LogP contribution in [0.1, 0.15) is 11.3 Å². The predicted octanol–water partition coefficient (Wildman–Crippen LogP) is 2.73. The molecule has 0 fully saturated rings. The fourth-order valence-corrected chi connectivity index (χ4v) is 3.22. The maximum atomic E-state index is 12.3. The Labute approximate surface area is 122 Å². The largest absolute Gasteiger partial charge is 0.399 e. The highest BCUT2D eigenvalue weighted by Crippen LogP contribution is 2.22. The summed E-state index contributed by atoms with van der Waals surface area (Å²) in [7, 11) is -3.71. The summed E-state index contributed by atoms with van der Waals surface area (Å²) in [6.45, 7) is 3.46. The van der Waals surface area contributed by atoms with Crippen molar-refractivity contribution >= 4 is 33.0 Å². The van der Waals surface area contributed by atoms with Gasteiger partial charge in [0, 0.05) is 5.69 Å². The summed E-state index contributed by atoms with van der Waals surface area (Å²) in [6, 6.07) is 7.76. The third-order valence-electron chi connectivity index (χ3n) is 2.68. The second-order valence-electron chi connectivity index (χ2n) is 4.45. The van der Waals surface area contributed by atoms with Gasteiger partial charge in [0.1, 0.15) is 5.15 Å². The van der Waals surface area contributed by atoms with E-state index in [4.69, 9.17) is 17.3 Å². The molecular weight excluding hydrogens is 298 g/mol. The summed E-state index contributed by atoms with van der Waals surface area (Å²) < 4.78 is 27.1. The fourth-order valence-electron chi connectivity index (χ4n) is 1.77. The second-order valence-corrected chi connectivity index (χ2v) is 6.52. The van der Waals surface area contributed by atoms with Crippen LogP contribution >= 0.6 is 11.6 Å². The lowest BCUT2D eigenvalue weighted by atomic mass is 10.2. The van der Waals surface area contributed by atoms with E-state index in [1.165, 1.54) is 12.1 Å². The molecule has 0 saturated heterocycles. The van der Waals surface area contributed by atoms with Gasteiger partial charge in [-0.05, 0) is 49.7 Å². The van der Waals surface area contributed by atoms with E-state index < -0.39 is 10.0 Å². The average molecular weight is 312 g/mol. The molecule has 1 heterocycles. The maximum absolute atomic E-state index is 12.3. The van der Waals surface area contributed by atoms with E-state index in [-0.39, 0.29) is 4.90 Å². The molecule has 106 valence electrons. The van der Waals surface area contributed by atoms with E-state index in [1.54, 1.807) is 32.0 Å². The lowest BCUT2D eigenvalue weighted by Gasteiger charge is -2.11. The molecule has 5 nitrogen and oxygen atoms in total. The van der Waals surface area contributed by atoms with Crippen LogP contribution in [0.2, 0.25) is 5.15 Å². The van der Waals surface area contributed by atoms with Crippen molar-refractivity contribution in [1.82, 2.24) is 4.98 Å². The Balaban J connectivity index is 2.40.